The Bertz CT molecular complexity index is 210. The van der Waals surface area contributed by atoms with Crippen LogP contribution in [0.4, 0.5) is 0 Å². The maximum atomic E-state index is 5.82. The third kappa shape index (κ3) is 1.09. The number of likely N-dealkylation sites (N-methyl/N-ethyl adjacent to an activating group) is 1. The first-order chi connectivity index (χ1) is 6.29. The van der Waals surface area contributed by atoms with Crippen molar-refractivity contribution in [2.45, 2.75) is 43.2 Å². The molecule has 1 aliphatic heterocycles. The molecule has 1 N–H and O–H groups in total. The maximum Gasteiger partial charge on any atom is 0.0920 e. The van der Waals surface area contributed by atoms with E-state index in [0.717, 1.165) is 6.61 Å². The monoisotopic (exact) mass is 181 g/mol. The first kappa shape index (κ1) is 9.22. The Morgan fingerprint density at radius 1 is 1.31 bits per heavy atom. The average molecular weight is 181 g/mol. The first-order valence-electron chi connectivity index (χ1n) is 5.25. The summed E-state index contributed by atoms with van der Waals surface area (Å²) < 4.78 is 5.82. The van der Waals surface area contributed by atoms with Gasteiger partial charge in [-0.2, -0.15) is 0 Å². The molecule has 0 aromatic heterocycles. The molecule has 1 saturated heterocycles. The van der Waals surface area contributed by atoms with Crippen LogP contribution in [-0.2, 0) is 4.74 Å². The molecule has 0 radical (unpaired) electrons. The predicted octanol–water partition coefficient (Wildman–Crippen LogP) is 1.86. The summed E-state index contributed by atoms with van der Waals surface area (Å²) in [4.78, 5) is 0. The Balaban J connectivity index is 2.25. The van der Waals surface area contributed by atoms with Crippen LogP contribution in [-0.4, -0.2) is 24.8 Å². The lowest BCUT2D eigenvalue weighted by molar-refractivity contribution is -0.200. The Morgan fingerprint density at radius 2 is 2.00 bits per heavy atom. The zero-order valence-corrected chi connectivity index (χ0v) is 8.44. The minimum absolute atomic E-state index is 0.0451. The van der Waals surface area contributed by atoms with Gasteiger partial charge in [-0.1, -0.05) is 18.9 Å². The fourth-order valence-corrected chi connectivity index (χ4v) is 2.91. The average Bonchev–Trinajstić information content (AvgIpc) is 2.15. The fourth-order valence-electron chi connectivity index (χ4n) is 2.91. The van der Waals surface area contributed by atoms with Gasteiger partial charge in [-0.15, -0.1) is 6.58 Å². The minimum atomic E-state index is 0.0451. The van der Waals surface area contributed by atoms with Gasteiger partial charge in [0.25, 0.3) is 0 Å². The second kappa shape index (κ2) is 3.10. The molecular formula is C11H19NO. The fraction of sp³-hybridized carbons (Fsp3) is 0.818. The molecule has 0 aromatic rings. The molecular weight excluding hydrogens is 162 g/mol. The third-order valence-corrected chi connectivity index (χ3v) is 3.89. The van der Waals surface area contributed by atoms with Crippen molar-refractivity contribution in [3.05, 3.63) is 12.7 Å². The molecule has 2 nitrogen and oxygen atoms in total. The maximum absolute atomic E-state index is 5.82. The lowest BCUT2D eigenvalue weighted by Gasteiger charge is -2.57. The largest absolute Gasteiger partial charge is 0.373 e. The molecule has 1 heterocycles. The first-order valence-corrected chi connectivity index (χ1v) is 5.25. The van der Waals surface area contributed by atoms with Gasteiger partial charge in [0.15, 0.2) is 0 Å². The Kier molecular flexibility index (Phi) is 2.20. The number of rotatable bonds is 2. The number of hydrogen-bond acceptors (Lipinski definition) is 2. The number of nitrogens with one attached hydrogen (secondary N) is 1. The van der Waals surface area contributed by atoms with Crippen molar-refractivity contribution in [2.24, 2.45) is 0 Å². The van der Waals surface area contributed by atoms with Gasteiger partial charge in [-0.05, 0) is 19.9 Å². The van der Waals surface area contributed by atoms with Crippen LogP contribution in [0.2, 0.25) is 0 Å². The van der Waals surface area contributed by atoms with Crippen LogP contribution in [0.25, 0.3) is 0 Å². The molecule has 2 rings (SSSR count). The zero-order chi connectivity index (χ0) is 9.36. The van der Waals surface area contributed by atoms with Crippen molar-refractivity contribution in [2.75, 3.05) is 13.7 Å². The van der Waals surface area contributed by atoms with E-state index in [1.54, 1.807) is 0 Å². The molecule has 74 valence electrons. The van der Waals surface area contributed by atoms with E-state index in [-0.39, 0.29) is 11.1 Å². The molecule has 0 amide bonds. The molecule has 0 aromatic carbocycles. The van der Waals surface area contributed by atoms with Crippen molar-refractivity contribution in [3.63, 3.8) is 0 Å². The molecule has 1 spiro atoms. The minimum Gasteiger partial charge on any atom is -0.373 e. The van der Waals surface area contributed by atoms with E-state index in [4.69, 9.17) is 4.74 Å². The molecule has 2 fully saturated rings. The highest BCUT2D eigenvalue weighted by atomic mass is 16.5. The van der Waals surface area contributed by atoms with E-state index in [2.05, 4.69) is 18.0 Å². The third-order valence-electron chi connectivity index (χ3n) is 3.89. The standard InChI is InChI=1S/C11H19NO/c1-3-10(12-2)6-4-5-7-11(10)8-9-13-11/h3,12H,1,4-9H2,2H3/t10-,11?/m0/s1. The number of hydrogen-bond donors (Lipinski definition) is 1. The van der Waals surface area contributed by atoms with Crippen molar-refractivity contribution >= 4 is 0 Å². The normalized spacial score (nSPS) is 44.4. The second-order valence-electron chi connectivity index (χ2n) is 4.23. The van der Waals surface area contributed by atoms with Crippen molar-refractivity contribution in [1.29, 1.82) is 0 Å². The lowest BCUT2D eigenvalue weighted by atomic mass is 9.65. The van der Waals surface area contributed by atoms with Crippen LogP contribution in [0, 0.1) is 0 Å². The Morgan fingerprint density at radius 3 is 2.38 bits per heavy atom. The van der Waals surface area contributed by atoms with Gasteiger partial charge in [0.05, 0.1) is 17.7 Å². The van der Waals surface area contributed by atoms with Gasteiger partial charge >= 0.3 is 0 Å². The van der Waals surface area contributed by atoms with Gasteiger partial charge in [0, 0.05) is 6.42 Å². The quantitative estimate of drug-likeness (QED) is 0.657. The van der Waals surface area contributed by atoms with Crippen LogP contribution < -0.4 is 5.32 Å². The summed E-state index contributed by atoms with van der Waals surface area (Å²) in [7, 11) is 2.02. The van der Waals surface area contributed by atoms with Gasteiger partial charge in [-0.3, -0.25) is 0 Å². The van der Waals surface area contributed by atoms with E-state index >= 15 is 0 Å². The molecule has 0 bridgehead atoms. The molecule has 1 aliphatic carbocycles. The summed E-state index contributed by atoms with van der Waals surface area (Å²) in [5.41, 5.74) is 0.130. The van der Waals surface area contributed by atoms with Gasteiger partial charge in [-0.25, -0.2) is 0 Å². The van der Waals surface area contributed by atoms with Crippen LogP contribution in [0.15, 0.2) is 12.7 Å². The molecule has 1 saturated carbocycles. The van der Waals surface area contributed by atoms with Crippen LogP contribution in [0.5, 0.6) is 0 Å². The SMILES string of the molecule is C=C[C@]1(NC)CCCCC12CCO2. The Hall–Kier alpha value is -0.340. The van der Waals surface area contributed by atoms with Crippen molar-refractivity contribution in [3.8, 4) is 0 Å². The molecule has 2 atom stereocenters. The van der Waals surface area contributed by atoms with Gasteiger partial charge < -0.3 is 10.1 Å². The highest BCUT2D eigenvalue weighted by Crippen LogP contribution is 2.47. The molecule has 1 unspecified atom stereocenters. The molecule has 2 heteroatoms. The highest BCUT2D eigenvalue weighted by molar-refractivity contribution is 5.19. The summed E-state index contributed by atoms with van der Waals surface area (Å²) in [6.07, 6.45) is 8.22. The van der Waals surface area contributed by atoms with Crippen LogP contribution in [0.1, 0.15) is 32.1 Å². The van der Waals surface area contributed by atoms with E-state index in [1.165, 1.54) is 32.1 Å². The van der Waals surface area contributed by atoms with Gasteiger partial charge in [0.1, 0.15) is 0 Å². The van der Waals surface area contributed by atoms with E-state index in [9.17, 15) is 0 Å². The smallest absolute Gasteiger partial charge is 0.0920 e. The Labute approximate surface area is 80.4 Å². The molecule has 2 aliphatic rings. The van der Waals surface area contributed by atoms with Crippen molar-refractivity contribution in [1.82, 2.24) is 5.32 Å². The summed E-state index contributed by atoms with van der Waals surface area (Å²) >= 11 is 0. The zero-order valence-electron chi connectivity index (χ0n) is 8.44. The molecule has 13 heavy (non-hydrogen) atoms. The van der Waals surface area contributed by atoms with E-state index < -0.39 is 0 Å². The summed E-state index contributed by atoms with van der Waals surface area (Å²) in [6.45, 7) is 4.89. The van der Waals surface area contributed by atoms with Crippen molar-refractivity contribution < 1.29 is 4.74 Å². The summed E-state index contributed by atoms with van der Waals surface area (Å²) in [5.74, 6) is 0. The second-order valence-corrected chi connectivity index (χ2v) is 4.23. The lowest BCUT2D eigenvalue weighted by Crippen LogP contribution is -2.68. The van der Waals surface area contributed by atoms with Crippen LogP contribution in [0.3, 0.4) is 0 Å². The van der Waals surface area contributed by atoms with Crippen LogP contribution >= 0.6 is 0 Å². The van der Waals surface area contributed by atoms with E-state index in [0.29, 0.717) is 0 Å². The predicted molar refractivity (Wildman–Crippen MR) is 53.8 cm³/mol. The summed E-state index contributed by atoms with van der Waals surface area (Å²) in [6, 6.07) is 0. The topological polar surface area (TPSA) is 21.3 Å². The highest BCUT2D eigenvalue weighted by Gasteiger charge is 2.54. The number of ether oxygens (including phenoxy) is 1. The van der Waals surface area contributed by atoms with E-state index in [1.807, 2.05) is 7.05 Å². The summed E-state index contributed by atoms with van der Waals surface area (Å²) in [5, 5.41) is 3.42. The van der Waals surface area contributed by atoms with Gasteiger partial charge in [0.2, 0.25) is 0 Å².